The fourth-order valence-electron chi connectivity index (χ4n) is 1.30. The molecule has 0 bridgehead atoms. The van der Waals surface area contributed by atoms with Crippen LogP contribution in [0, 0.1) is 0 Å². The van der Waals surface area contributed by atoms with Crippen molar-refractivity contribution in [2.45, 2.75) is 64.5 Å². The maximum atomic E-state index is 6.32. The minimum Gasteiger partial charge on any atom is -0.374 e. The molecular weight excluding hydrogens is 252 g/mol. The standard InChI is InChI=1S/C14H29ClO3/c1-4-7-10-16-13-14(15,17-11-8-5-2)18-12-9-6-3/h4-13H2,1-3H3. The van der Waals surface area contributed by atoms with Crippen molar-refractivity contribution in [1.29, 1.82) is 0 Å². The van der Waals surface area contributed by atoms with Crippen LogP contribution in [0.3, 0.4) is 0 Å². The van der Waals surface area contributed by atoms with E-state index >= 15 is 0 Å². The van der Waals surface area contributed by atoms with Gasteiger partial charge in [-0.25, -0.2) is 0 Å². The average Bonchev–Trinajstić information content (AvgIpc) is 2.36. The lowest BCUT2D eigenvalue weighted by Crippen LogP contribution is -2.36. The molecule has 0 aliphatic carbocycles. The highest BCUT2D eigenvalue weighted by atomic mass is 35.5. The number of hydrogen-bond acceptors (Lipinski definition) is 3. The van der Waals surface area contributed by atoms with Gasteiger partial charge in [0, 0.05) is 6.61 Å². The van der Waals surface area contributed by atoms with Crippen LogP contribution in [-0.4, -0.2) is 31.7 Å². The molecule has 0 heterocycles. The van der Waals surface area contributed by atoms with Crippen LogP contribution in [0.5, 0.6) is 0 Å². The van der Waals surface area contributed by atoms with Crippen molar-refractivity contribution in [3.8, 4) is 0 Å². The number of alkyl halides is 1. The average molecular weight is 281 g/mol. The summed E-state index contributed by atoms with van der Waals surface area (Å²) in [6.45, 7) is 8.60. The summed E-state index contributed by atoms with van der Waals surface area (Å²) in [6.07, 6.45) is 6.29. The van der Waals surface area contributed by atoms with Crippen molar-refractivity contribution < 1.29 is 14.2 Å². The van der Waals surface area contributed by atoms with Gasteiger partial charge in [-0.15, -0.1) is 0 Å². The van der Waals surface area contributed by atoms with Crippen LogP contribution < -0.4 is 0 Å². The molecule has 4 heteroatoms. The molecule has 0 aliphatic heterocycles. The Morgan fingerprint density at radius 2 is 1.22 bits per heavy atom. The Bertz CT molecular complexity index is 166. The van der Waals surface area contributed by atoms with Crippen molar-refractivity contribution >= 4 is 11.6 Å². The van der Waals surface area contributed by atoms with Gasteiger partial charge >= 0.3 is 0 Å². The molecule has 0 N–H and O–H groups in total. The van der Waals surface area contributed by atoms with Gasteiger partial charge in [-0.1, -0.05) is 51.6 Å². The van der Waals surface area contributed by atoms with Crippen molar-refractivity contribution in [1.82, 2.24) is 0 Å². The Hall–Kier alpha value is 0.170. The lowest BCUT2D eigenvalue weighted by molar-refractivity contribution is -0.206. The van der Waals surface area contributed by atoms with Crippen molar-refractivity contribution in [3.63, 3.8) is 0 Å². The first-order chi connectivity index (χ1) is 8.68. The zero-order chi connectivity index (χ0) is 13.7. The van der Waals surface area contributed by atoms with E-state index in [1.54, 1.807) is 0 Å². The third kappa shape index (κ3) is 10.1. The van der Waals surface area contributed by atoms with E-state index in [9.17, 15) is 0 Å². The summed E-state index contributed by atoms with van der Waals surface area (Å²) in [7, 11) is 0. The highest BCUT2D eigenvalue weighted by Crippen LogP contribution is 2.21. The molecule has 0 fully saturated rings. The first-order valence-corrected chi connectivity index (χ1v) is 7.60. The fraction of sp³-hybridized carbons (Fsp3) is 1.00. The predicted molar refractivity (Wildman–Crippen MR) is 76.0 cm³/mol. The number of unbranched alkanes of at least 4 members (excludes halogenated alkanes) is 3. The summed E-state index contributed by atoms with van der Waals surface area (Å²) < 4.78 is 16.7. The minimum atomic E-state index is -1.10. The summed E-state index contributed by atoms with van der Waals surface area (Å²) in [5.41, 5.74) is 0. The quantitative estimate of drug-likeness (QED) is 0.285. The Morgan fingerprint density at radius 1 is 0.778 bits per heavy atom. The van der Waals surface area contributed by atoms with Crippen LogP contribution in [0.2, 0.25) is 0 Å². The first kappa shape index (κ1) is 18.2. The molecule has 0 aliphatic rings. The second-order valence-electron chi connectivity index (χ2n) is 4.47. The predicted octanol–water partition coefficient (Wildman–Crippen LogP) is 4.33. The van der Waals surface area contributed by atoms with Crippen molar-refractivity contribution in [3.05, 3.63) is 0 Å². The van der Waals surface area contributed by atoms with Gasteiger partial charge in [-0.05, 0) is 19.3 Å². The summed E-state index contributed by atoms with van der Waals surface area (Å²) in [5.74, 6) is 0. The molecular formula is C14H29ClO3. The third-order valence-electron chi connectivity index (χ3n) is 2.55. The van der Waals surface area contributed by atoms with Gasteiger partial charge in [-0.3, -0.25) is 0 Å². The van der Waals surface area contributed by atoms with E-state index in [-0.39, 0.29) is 0 Å². The van der Waals surface area contributed by atoms with Crippen LogP contribution in [-0.2, 0) is 14.2 Å². The SMILES string of the molecule is CCCCOCC(Cl)(OCCCC)OCCCC. The molecule has 0 saturated heterocycles. The van der Waals surface area contributed by atoms with Crippen LogP contribution >= 0.6 is 11.6 Å². The van der Waals surface area contributed by atoms with Crippen LogP contribution in [0.25, 0.3) is 0 Å². The second-order valence-corrected chi connectivity index (χ2v) is 5.05. The molecule has 0 rings (SSSR count). The number of hydrogen-bond donors (Lipinski definition) is 0. The molecule has 0 aromatic heterocycles. The minimum absolute atomic E-state index is 0.294. The Balaban J connectivity index is 3.95. The summed E-state index contributed by atoms with van der Waals surface area (Å²) >= 11 is 6.32. The van der Waals surface area contributed by atoms with Crippen molar-refractivity contribution in [2.75, 3.05) is 26.4 Å². The molecule has 110 valence electrons. The molecule has 0 aromatic rings. The lowest BCUT2D eigenvalue weighted by atomic mass is 10.3. The molecule has 3 nitrogen and oxygen atoms in total. The van der Waals surface area contributed by atoms with Gasteiger partial charge in [0.25, 0.3) is 5.25 Å². The van der Waals surface area contributed by atoms with Crippen LogP contribution in [0.4, 0.5) is 0 Å². The van der Waals surface area contributed by atoms with Gasteiger partial charge in [0.2, 0.25) is 0 Å². The summed E-state index contributed by atoms with van der Waals surface area (Å²) in [6, 6.07) is 0. The van der Waals surface area contributed by atoms with E-state index in [4.69, 9.17) is 25.8 Å². The van der Waals surface area contributed by atoms with E-state index in [2.05, 4.69) is 20.8 Å². The van der Waals surface area contributed by atoms with Crippen LogP contribution in [0.1, 0.15) is 59.3 Å². The number of ether oxygens (including phenoxy) is 3. The monoisotopic (exact) mass is 280 g/mol. The maximum Gasteiger partial charge on any atom is 0.272 e. The Morgan fingerprint density at radius 3 is 1.67 bits per heavy atom. The van der Waals surface area contributed by atoms with Gasteiger partial charge < -0.3 is 14.2 Å². The fourth-order valence-corrected chi connectivity index (χ4v) is 1.53. The summed E-state index contributed by atoms with van der Waals surface area (Å²) in [5, 5.41) is -1.10. The van der Waals surface area contributed by atoms with Crippen LogP contribution in [0.15, 0.2) is 0 Å². The molecule has 0 saturated carbocycles. The highest BCUT2D eigenvalue weighted by Gasteiger charge is 2.29. The molecule has 0 atom stereocenters. The highest BCUT2D eigenvalue weighted by molar-refractivity contribution is 6.22. The van der Waals surface area contributed by atoms with E-state index in [1.165, 1.54) is 0 Å². The molecule has 0 spiro atoms. The Labute approximate surface area is 117 Å². The topological polar surface area (TPSA) is 27.7 Å². The largest absolute Gasteiger partial charge is 0.374 e. The van der Waals surface area contributed by atoms with E-state index in [0.29, 0.717) is 26.4 Å². The van der Waals surface area contributed by atoms with Gasteiger partial charge in [-0.2, -0.15) is 0 Å². The Kier molecular flexibility index (Phi) is 12.3. The zero-order valence-electron chi connectivity index (χ0n) is 12.2. The molecule has 0 aromatic carbocycles. The summed E-state index contributed by atoms with van der Waals surface area (Å²) in [4.78, 5) is 0. The van der Waals surface area contributed by atoms with Crippen molar-refractivity contribution in [2.24, 2.45) is 0 Å². The van der Waals surface area contributed by atoms with Gasteiger partial charge in [0.1, 0.15) is 6.61 Å². The van der Waals surface area contributed by atoms with Gasteiger partial charge in [0.05, 0.1) is 13.2 Å². The first-order valence-electron chi connectivity index (χ1n) is 7.23. The molecule has 0 amide bonds. The maximum absolute atomic E-state index is 6.32. The number of rotatable bonds is 13. The number of halogens is 1. The second kappa shape index (κ2) is 12.2. The van der Waals surface area contributed by atoms with E-state index < -0.39 is 5.25 Å². The van der Waals surface area contributed by atoms with E-state index in [1.807, 2.05) is 0 Å². The lowest BCUT2D eigenvalue weighted by Gasteiger charge is -2.27. The smallest absolute Gasteiger partial charge is 0.272 e. The van der Waals surface area contributed by atoms with E-state index in [0.717, 1.165) is 38.5 Å². The molecule has 18 heavy (non-hydrogen) atoms. The third-order valence-corrected chi connectivity index (χ3v) is 2.88. The zero-order valence-corrected chi connectivity index (χ0v) is 12.9. The molecule has 0 unspecified atom stereocenters. The normalized spacial score (nSPS) is 12.0. The molecule has 0 radical (unpaired) electrons. The van der Waals surface area contributed by atoms with Gasteiger partial charge in [0.15, 0.2) is 0 Å².